The van der Waals surface area contributed by atoms with E-state index in [4.69, 9.17) is 16.9 Å². The summed E-state index contributed by atoms with van der Waals surface area (Å²) in [7, 11) is 1.60. The molecule has 0 unspecified atom stereocenters. The van der Waals surface area contributed by atoms with Crippen molar-refractivity contribution in [2.75, 3.05) is 26.7 Å². The number of nitrogens with one attached hydrogen (secondary N) is 1. The van der Waals surface area contributed by atoms with Gasteiger partial charge < -0.3 is 26.3 Å². The second-order valence-corrected chi connectivity index (χ2v) is 8.21. The normalized spacial score (nSPS) is 15.5. The molecule has 1 aliphatic rings. The number of likely N-dealkylation sites (tertiary alicyclic amines) is 1. The average molecular weight is 520 g/mol. The van der Waals surface area contributed by atoms with E-state index in [2.05, 4.69) is 10.3 Å². The van der Waals surface area contributed by atoms with Gasteiger partial charge in [0.25, 0.3) is 0 Å². The topological polar surface area (TPSA) is 111 Å². The van der Waals surface area contributed by atoms with Gasteiger partial charge in [-0.1, -0.05) is 19.8 Å². The van der Waals surface area contributed by atoms with Gasteiger partial charge in [0, 0.05) is 43.9 Å². The molecule has 3 rings (SSSR count). The van der Waals surface area contributed by atoms with E-state index in [1.54, 1.807) is 13.2 Å². The van der Waals surface area contributed by atoms with Crippen LogP contribution in [0.4, 0.5) is 17.6 Å². The number of alkyl halides is 3. The summed E-state index contributed by atoms with van der Waals surface area (Å²) in [6.45, 7) is 3.96. The van der Waals surface area contributed by atoms with Crippen LogP contribution >= 0.6 is 0 Å². The van der Waals surface area contributed by atoms with Crippen LogP contribution in [0.5, 0.6) is 0 Å². The van der Waals surface area contributed by atoms with Crippen molar-refractivity contribution in [1.82, 2.24) is 14.5 Å². The second-order valence-electron chi connectivity index (χ2n) is 8.21. The summed E-state index contributed by atoms with van der Waals surface area (Å²) >= 11 is 0. The molecule has 0 spiro atoms. The number of imidazole rings is 1. The quantitative estimate of drug-likeness (QED) is 0.222. The maximum atomic E-state index is 13.7. The van der Waals surface area contributed by atoms with Gasteiger partial charge >= 0.3 is 57.6 Å². The van der Waals surface area contributed by atoms with Crippen LogP contribution in [0.15, 0.2) is 35.8 Å². The molecule has 1 aliphatic heterocycles. The molecule has 35 heavy (non-hydrogen) atoms. The number of nitrogens with two attached hydrogens (primary N) is 2. The number of amidine groups is 1. The Morgan fingerprint density at radius 1 is 1.26 bits per heavy atom. The minimum atomic E-state index is -4.79. The van der Waals surface area contributed by atoms with Crippen molar-refractivity contribution in [2.24, 2.45) is 11.5 Å². The summed E-state index contributed by atoms with van der Waals surface area (Å²) in [5.74, 6) is 0.189. The number of piperidine rings is 1. The third kappa shape index (κ3) is 6.86. The number of halogens is 4. The predicted octanol–water partition coefficient (Wildman–Crippen LogP) is 1.41. The fourth-order valence-corrected chi connectivity index (χ4v) is 4.27. The smallest absolute Gasteiger partial charge is 0.495 e. The standard InChI is InChI=1S/C23H30F4N7.K/c1-3-16(20(29)31-2)21(30)33-9-6-14(7-10-33)22-32-19(13-34(22)11-8-28)15-4-5-18(24)17(12-15)23(25,26)27;/h4-5,12-14,30H,3,6-11,28-29H2,1-2H3;/q-1;+1/b20-16-,30-21?;. The molecule has 2 aromatic rings. The molecule has 12 heteroatoms. The third-order valence-corrected chi connectivity index (χ3v) is 6.11. The van der Waals surface area contributed by atoms with Crippen LogP contribution in [0.3, 0.4) is 0 Å². The van der Waals surface area contributed by atoms with Gasteiger partial charge in [-0.2, -0.15) is 13.2 Å². The van der Waals surface area contributed by atoms with E-state index in [1.165, 1.54) is 6.07 Å². The van der Waals surface area contributed by atoms with Crippen LogP contribution in [0.1, 0.15) is 43.5 Å². The van der Waals surface area contributed by atoms with Gasteiger partial charge in [-0.25, -0.2) is 9.37 Å². The Morgan fingerprint density at radius 2 is 1.91 bits per heavy atom. The van der Waals surface area contributed by atoms with Gasteiger partial charge in [-0.05, 0) is 43.0 Å². The molecule has 0 saturated carbocycles. The molecular weight excluding hydrogens is 489 g/mol. The molecule has 7 nitrogen and oxygen atoms in total. The molecule has 5 N–H and O–H groups in total. The molecule has 0 radical (unpaired) electrons. The van der Waals surface area contributed by atoms with E-state index in [0.717, 1.165) is 18.0 Å². The molecular formula is C23H30F4KN7. The van der Waals surface area contributed by atoms with Crippen LogP contribution in [0.25, 0.3) is 16.6 Å². The molecule has 0 aliphatic carbocycles. The van der Waals surface area contributed by atoms with Crippen molar-refractivity contribution in [2.45, 2.75) is 44.8 Å². The first kappa shape index (κ1) is 29.8. The predicted molar refractivity (Wildman–Crippen MR) is 124 cm³/mol. The van der Waals surface area contributed by atoms with Crippen LogP contribution in [0.2, 0.25) is 0 Å². The fraction of sp³-hybridized carbons (Fsp3) is 0.478. The van der Waals surface area contributed by atoms with Crippen molar-refractivity contribution in [3.63, 3.8) is 0 Å². The van der Waals surface area contributed by atoms with Gasteiger partial charge in [0.2, 0.25) is 0 Å². The van der Waals surface area contributed by atoms with Crippen molar-refractivity contribution < 1.29 is 68.9 Å². The van der Waals surface area contributed by atoms with Gasteiger partial charge in [0.1, 0.15) is 17.5 Å². The summed E-state index contributed by atoms with van der Waals surface area (Å²) in [6.07, 6.45) is -1.10. The number of hydrogen-bond donors (Lipinski definition) is 3. The summed E-state index contributed by atoms with van der Waals surface area (Å²) in [5, 5.41) is 12.5. The first-order chi connectivity index (χ1) is 16.1. The Kier molecular flexibility index (Phi) is 10.8. The van der Waals surface area contributed by atoms with E-state index in [0.29, 0.717) is 68.4 Å². The second kappa shape index (κ2) is 12.7. The summed E-state index contributed by atoms with van der Waals surface area (Å²) in [6, 6.07) is 2.91. The minimum absolute atomic E-state index is 0. The molecule has 0 bridgehead atoms. The van der Waals surface area contributed by atoms with Crippen LogP contribution < -0.4 is 62.9 Å². The largest absolute Gasteiger partial charge is 1.00 e. The zero-order valence-electron chi connectivity index (χ0n) is 20.3. The van der Waals surface area contributed by atoms with E-state index >= 15 is 0 Å². The number of rotatable bonds is 7. The molecule has 1 fully saturated rings. The van der Waals surface area contributed by atoms with Gasteiger partial charge in [0.15, 0.2) is 0 Å². The molecule has 186 valence electrons. The number of benzene rings is 1. The van der Waals surface area contributed by atoms with Crippen LogP contribution in [-0.2, 0) is 12.7 Å². The summed E-state index contributed by atoms with van der Waals surface area (Å²) in [5.41, 5.74) is 11.6. The van der Waals surface area contributed by atoms with Gasteiger partial charge in [0.05, 0.1) is 11.3 Å². The maximum absolute atomic E-state index is 13.7. The zero-order chi connectivity index (χ0) is 25.0. The molecule has 0 amide bonds. The molecule has 1 aromatic carbocycles. The van der Waals surface area contributed by atoms with Crippen molar-refractivity contribution in [1.29, 1.82) is 5.41 Å². The Labute approximate surface area is 245 Å². The maximum Gasteiger partial charge on any atom is 1.00 e. The molecule has 1 saturated heterocycles. The van der Waals surface area contributed by atoms with E-state index in [1.807, 2.05) is 16.4 Å². The Bertz CT molecular complexity index is 1060. The molecule has 2 heterocycles. The van der Waals surface area contributed by atoms with E-state index in [9.17, 15) is 17.6 Å². The first-order valence-electron chi connectivity index (χ1n) is 11.2. The molecule has 1 aromatic heterocycles. The van der Waals surface area contributed by atoms with Crippen LogP contribution in [0, 0.1) is 11.2 Å². The van der Waals surface area contributed by atoms with Crippen LogP contribution in [-0.4, -0.2) is 47.0 Å². The van der Waals surface area contributed by atoms with Crippen molar-refractivity contribution >= 4 is 5.84 Å². The Balaban J connectivity index is 0.00000432. The summed E-state index contributed by atoms with van der Waals surface area (Å²) in [4.78, 5) is 6.60. The van der Waals surface area contributed by atoms with Gasteiger partial charge in [-0.3, -0.25) is 5.41 Å². The number of aromatic nitrogens is 2. The van der Waals surface area contributed by atoms with Crippen molar-refractivity contribution in [3.05, 3.63) is 58.3 Å². The molecule has 0 atom stereocenters. The SMILES string of the molecule is CC/C(C(=N)N1CCC(c2nc(-c3ccc(F)c(C(F)(F)F)c3)cn2CCN)CC1)=C(\N)[N-]C.[K+]. The number of hydrogen-bond acceptors (Lipinski definition) is 4. The average Bonchev–Trinajstić information content (AvgIpc) is 3.23. The summed E-state index contributed by atoms with van der Waals surface area (Å²) < 4.78 is 55.1. The first-order valence-corrected chi connectivity index (χ1v) is 11.2. The number of nitrogens with zero attached hydrogens (tertiary/aromatic N) is 4. The van der Waals surface area contributed by atoms with E-state index in [-0.39, 0.29) is 62.9 Å². The third-order valence-electron chi connectivity index (χ3n) is 6.11. The van der Waals surface area contributed by atoms with Crippen molar-refractivity contribution in [3.8, 4) is 11.3 Å². The zero-order valence-corrected chi connectivity index (χ0v) is 23.4. The van der Waals surface area contributed by atoms with Gasteiger partial charge in [-0.15, -0.1) is 0 Å². The van der Waals surface area contributed by atoms with E-state index < -0.39 is 17.6 Å². The Hall–Kier alpha value is -1.44. The minimum Gasteiger partial charge on any atom is -0.495 e. The monoisotopic (exact) mass is 519 g/mol. The fourth-order valence-electron chi connectivity index (χ4n) is 4.27. The Morgan fingerprint density at radius 3 is 2.46 bits per heavy atom.